The van der Waals surface area contributed by atoms with E-state index in [1.54, 1.807) is 18.2 Å². The molecule has 0 aliphatic heterocycles. The van der Waals surface area contributed by atoms with Crippen LogP contribution in [0.15, 0.2) is 76.7 Å². The van der Waals surface area contributed by atoms with Crippen molar-refractivity contribution < 1.29 is 9.59 Å². The highest BCUT2D eigenvalue weighted by Gasteiger charge is 2.15. The Kier molecular flexibility index (Phi) is 7.31. The largest absolute Gasteiger partial charge is 0.346 e. The third kappa shape index (κ3) is 5.60. The van der Waals surface area contributed by atoms with E-state index < -0.39 is 0 Å². The van der Waals surface area contributed by atoms with E-state index in [4.69, 9.17) is 0 Å². The maximum Gasteiger partial charge on any atom is 0.266 e. The Hall–Kier alpha value is -3.91. The number of rotatable bonds is 7. The molecular formula is C27H26N4O3S. The van der Waals surface area contributed by atoms with Gasteiger partial charge in [-0.2, -0.15) is 0 Å². The Morgan fingerprint density at radius 2 is 1.66 bits per heavy atom. The molecule has 0 radical (unpaired) electrons. The highest BCUT2D eigenvalue weighted by molar-refractivity contribution is 7.99. The van der Waals surface area contributed by atoms with E-state index in [1.807, 2.05) is 69.3 Å². The third-order valence-corrected chi connectivity index (χ3v) is 6.63. The summed E-state index contributed by atoms with van der Waals surface area (Å²) in [6, 6.07) is 20.4. The number of benzene rings is 3. The van der Waals surface area contributed by atoms with Crippen LogP contribution in [0.2, 0.25) is 0 Å². The number of nitrogens with one attached hydrogen (secondary N) is 2. The van der Waals surface area contributed by atoms with E-state index in [1.165, 1.54) is 4.57 Å². The Balaban J connectivity index is 1.47. The van der Waals surface area contributed by atoms with Crippen molar-refractivity contribution in [3.63, 3.8) is 0 Å². The molecule has 0 atom stereocenters. The first-order chi connectivity index (χ1) is 16.8. The number of amides is 2. The van der Waals surface area contributed by atoms with Gasteiger partial charge in [0, 0.05) is 5.69 Å². The number of para-hydroxylation sites is 1. The van der Waals surface area contributed by atoms with Gasteiger partial charge in [-0.3, -0.25) is 19.0 Å². The van der Waals surface area contributed by atoms with Crippen LogP contribution in [0.3, 0.4) is 0 Å². The first kappa shape index (κ1) is 24.2. The smallest absolute Gasteiger partial charge is 0.266 e. The molecule has 1 heterocycles. The molecule has 2 amide bonds. The molecular weight excluding hydrogens is 460 g/mol. The minimum atomic E-state index is -0.330. The number of anilines is 1. The van der Waals surface area contributed by atoms with Gasteiger partial charge < -0.3 is 10.6 Å². The van der Waals surface area contributed by atoms with Crippen LogP contribution in [0.1, 0.15) is 16.7 Å². The number of carbonyl (C=O) groups excluding carboxylic acids is 2. The molecule has 0 saturated carbocycles. The third-order valence-electron chi connectivity index (χ3n) is 5.69. The fourth-order valence-electron chi connectivity index (χ4n) is 3.57. The lowest BCUT2D eigenvalue weighted by Gasteiger charge is -2.14. The summed E-state index contributed by atoms with van der Waals surface area (Å²) in [5.74, 6) is -0.630. The first-order valence-electron chi connectivity index (χ1n) is 11.2. The van der Waals surface area contributed by atoms with E-state index in [9.17, 15) is 14.4 Å². The Labute approximate surface area is 207 Å². The average Bonchev–Trinajstić information content (AvgIpc) is 2.85. The fraction of sp³-hybridized carbons (Fsp3) is 0.185. The molecule has 4 aromatic rings. The van der Waals surface area contributed by atoms with Crippen molar-refractivity contribution in [1.29, 1.82) is 0 Å². The Bertz CT molecular complexity index is 1460. The summed E-state index contributed by atoms with van der Waals surface area (Å²) < 4.78 is 1.52. The van der Waals surface area contributed by atoms with Crippen LogP contribution in [-0.4, -0.2) is 33.7 Å². The van der Waals surface area contributed by atoms with Crippen LogP contribution >= 0.6 is 11.8 Å². The molecule has 0 aliphatic rings. The second kappa shape index (κ2) is 10.6. The zero-order valence-corrected chi connectivity index (χ0v) is 20.6. The molecule has 178 valence electrons. The molecule has 0 saturated heterocycles. The summed E-state index contributed by atoms with van der Waals surface area (Å²) >= 11 is 1.15. The number of nitrogens with zero attached hydrogens (tertiary/aromatic N) is 2. The second-order valence-corrected chi connectivity index (χ2v) is 9.19. The molecule has 2 N–H and O–H groups in total. The van der Waals surface area contributed by atoms with Crippen molar-refractivity contribution in [3.8, 4) is 5.69 Å². The number of hydrogen-bond acceptors (Lipinski definition) is 5. The van der Waals surface area contributed by atoms with Crippen LogP contribution in [0, 0.1) is 20.8 Å². The van der Waals surface area contributed by atoms with Gasteiger partial charge in [-0.15, -0.1) is 0 Å². The molecule has 0 aliphatic carbocycles. The van der Waals surface area contributed by atoms with Gasteiger partial charge >= 0.3 is 0 Å². The number of aryl methyl sites for hydroxylation is 2. The molecule has 4 rings (SSSR count). The van der Waals surface area contributed by atoms with Crippen molar-refractivity contribution in [2.24, 2.45) is 0 Å². The normalized spacial score (nSPS) is 10.8. The standard InChI is InChI=1S/C27H26N4O3S/c1-17-11-13-20(14-12-17)31-26(34)21-8-4-5-9-23(21)30-27(31)35-16-25(33)28-15-24(32)29-22-10-6-7-18(2)19(22)3/h4-14H,15-16H2,1-3H3,(H,28,33)(H,29,32). The number of fused-ring (bicyclic) bond motifs is 1. The summed E-state index contributed by atoms with van der Waals surface area (Å²) in [5, 5.41) is 6.38. The molecule has 0 bridgehead atoms. The molecule has 0 unspecified atom stereocenters. The fourth-order valence-corrected chi connectivity index (χ4v) is 4.41. The number of aromatic nitrogens is 2. The molecule has 1 aromatic heterocycles. The van der Waals surface area contributed by atoms with Crippen molar-refractivity contribution in [2.75, 3.05) is 17.6 Å². The van der Waals surface area contributed by atoms with Crippen LogP contribution < -0.4 is 16.2 Å². The van der Waals surface area contributed by atoms with Crippen molar-refractivity contribution in [1.82, 2.24) is 14.9 Å². The quantitative estimate of drug-likeness (QED) is 0.302. The molecule has 35 heavy (non-hydrogen) atoms. The predicted molar refractivity (Wildman–Crippen MR) is 140 cm³/mol. The first-order valence-corrected chi connectivity index (χ1v) is 12.2. The van der Waals surface area contributed by atoms with Gasteiger partial charge in [0.15, 0.2) is 5.16 Å². The van der Waals surface area contributed by atoms with Crippen molar-refractivity contribution >= 4 is 40.2 Å². The highest BCUT2D eigenvalue weighted by Crippen LogP contribution is 2.22. The lowest BCUT2D eigenvalue weighted by molar-refractivity contribution is -0.122. The van der Waals surface area contributed by atoms with Gasteiger partial charge in [0.05, 0.1) is 28.9 Å². The zero-order chi connectivity index (χ0) is 24.9. The van der Waals surface area contributed by atoms with Gasteiger partial charge in [-0.1, -0.05) is 53.7 Å². The molecule has 7 nitrogen and oxygen atoms in total. The molecule has 8 heteroatoms. The average molecular weight is 487 g/mol. The van der Waals surface area contributed by atoms with E-state index >= 15 is 0 Å². The Morgan fingerprint density at radius 1 is 0.914 bits per heavy atom. The maximum absolute atomic E-state index is 13.3. The summed E-state index contributed by atoms with van der Waals surface area (Å²) in [5.41, 5.74) is 4.90. The lowest BCUT2D eigenvalue weighted by Crippen LogP contribution is -2.34. The molecule has 0 fully saturated rings. The van der Waals surface area contributed by atoms with E-state index in [0.717, 1.165) is 34.1 Å². The lowest BCUT2D eigenvalue weighted by atomic mass is 10.1. The van der Waals surface area contributed by atoms with Crippen LogP contribution in [0.25, 0.3) is 16.6 Å². The molecule has 3 aromatic carbocycles. The minimum absolute atomic E-state index is 0.00734. The van der Waals surface area contributed by atoms with Crippen molar-refractivity contribution in [3.05, 3.63) is 93.8 Å². The summed E-state index contributed by atoms with van der Waals surface area (Å²) in [6.45, 7) is 5.73. The van der Waals surface area contributed by atoms with E-state index in [2.05, 4.69) is 15.6 Å². The van der Waals surface area contributed by atoms with Crippen molar-refractivity contribution in [2.45, 2.75) is 25.9 Å². The monoisotopic (exact) mass is 486 g/mol. The predicted octanol–water partition coefficient (Wildman–Crippen LogP) is 4.16. The topological polar surface area (TPSA) is 93.1 Å². The van der Waals surface area contributed by atoms with Gasteiger partial charge in [0.25, 0.3) is 5.56 Å². The molecule has 0 spiro atoms. The number of thioether (sulfide) groups is 1. The number of hydrogen-bond donors (Lipinski definition) is 2. The van der Waals surface area contributed by atoms with E-state index in [-0.39, 0.29) is 29.7 Å². The minimum Gasteiger partial charge on any atom is -0.346 e. The number of carbonyl (C=O) groups is 2. The second-order valence-electron chi connectivity index (χ2n) is 8.25. The summed E-state index contributed by atoms with van der Waals surface area (Å²) in [7, 11) is 0. The zero-order valence-electron chi connectivity index (χ0n) is 19.8. The van der Waals surface area contributed by atoms with Gasteiger partial charge in [-0.05, 0) is 62.2 Å². The summed E-state index contributed by atoms with van der Waals surface area (Å²) in [6.07, 6.45) is 0. The SMILES string of the molecule is Cc1ccc(-n2c(SCC(=O)NCC(=O)Nc3cccc(C)c3C)nc3ccccc3c2=O)cc1. The van der Waals surface area contributed by atoms with Gasteiger partial charge in [0.1, 0.15) is 0 Å². The van der Waals surface area contributed by atoms with Gasteiger partial charge in [-0.25, -0.2) is 4.98 Å². The maximum atomic E-state index is 13.3. The van der Waals surface area contributed by atoms with Gasteiger partial charge in [0.2, 0.25) is 11.8 Å². The van der Waals surface area contributed by atoms with Crippen LogP contribution in [0.4, 0.5) is 5.69 Å². The van der Waals surface area contributed by atoms with Crippen LogP contribution in [0.5, 0.6) is 0 Å². The van der Waals surface area contributed by atoms with Crippen LogP contribution in [-0.2, 0) is 9.59 Å². The summed E-state index contributed by atoms with van der Waals surface area (Å²) in [4.78, 5) is 42.7. The Morgan fingerprint density at radius 3 is 2.43 bits per heavy atom. The van der Waals surface area contributed by atoms with E-state index in [0.29, 0.717) is 21.7 Å². The highest BCUT2D eigenvalue weighted by atomic mass is 32.2.